The first kappa shape index (κ1) is 20.8. The second kappa shape index (κ2) is 8.09. The molecule has 4 aromatic rings. The van der Waals surface area contributed by atoms with Crippen molar-refractivity contribution in [1.82, 2.24) is 24.1 Å². The van der Waals surface area contributed by atoms with E-state index in [0.29, 0.717) is 16.3 Å². The fourth-order valence-electron chi connectivity index (χ4n) is 4.34. The van der Waals surface area contributed by atoms with E-state index in [0.717, 1.165) is 48.3 Å². The number of nitrogens with zero attached hydrogens (tertiary/aromatic N) is 5. The number of thioether (sulfide) groups is 1. The summed E-state index contributed by atoms with van der Waals surface area (Å²) in [6.07, 6.45) is 2.12. The van der Waals surface area contributed by atoms with Crippen molar-refractivity contribution in [2.75, 3.05) is 13.1 Å². The third kappa shape index (κ3) is 3.39. The molecule has 3 heterocycles. The van der Waals surface area contributed by atoms with E-state index in [-0.39, 0.29) is 16.7 Å². The molecule has 0 aliphatic carbocycles. The van der Waals surface area contributed by atoms with Gasteiger partial charge in [0.1, 0.15) is 0 Å². The van der Waals surface area contributed by atoms with Crippen LogP contribution in [-0.2, 0) is 4.79 Å². The molecule has 5 rings (SSSR count). The van der Waals surface area contributed by atoms with Gasteiger partial charge in [-0.3, -0.25) is 14.0 Å². The molecule has 2 aromatic carbocycles. The minimum Gasteiger partial charge on any atom is -0.342 e. The van der Waals surface area contributed by atoms with Crippen LogP contribution in [0.3, 0.4) is 0 Å². The molecule has 0 spiro atoms. The number of para-hydroxylation sites is 1. The molecular formula is C24H25N5O2S. The number of aromatic nitrogens is 4. The number of likely N-dealkylation sites (tertiary alicyclic amines) is 1. The molecule has 164 valence electrons. The van der Waals surface area contributed by atoms with Gasteiger partial charge in [-0.1, -0.05) is 36.0 Å². The SMILES string of the molecule is Cc1ccc(C)c(-n2c(=O)c3ccccc3n3c(SC(C)C(=O)N4CCCC4)nnc23)c1. The van der Waals surface area contributed by atoms with Crippen LogP contribution in [0.25, 0.3) is 22.4 Å². The van der Waals surface area contributed by atoms with Crippen LogP contribution in [0, 0.1) is 13.8 Å². The first-order valence-corrected chi connectivity index (χ1v) is 11.8. The summed E-state index contributed by atoms with van der Waals surface area (Å²) in [5.74, 6) is 0.571. The van der Waals surface area contributed by atoms with Gasteiger partial charge in [0.2, 0.25) is 11.7 Å². The van der Waals surface area contributed by atoms with Gasteiger partial charge >= 0.3 is 0 Å². The number of rotatable bonds is 4. The molecule has 7 nitrogen and oxygen atoms in total. The molecule has 1 fully saturated rings. The van der Waals surface area contributed by atoms with Gasteiger partial charge in [-0.05, 0) is 62.9 Å². The van der Waals surface area contributed by atoms with E-state index in [1.165, 1.54) is 11.8 Å². The average molecular weight is 448 g/mol. The largest absolute Gasteiger partial charge is 0.342 e. The number of hydrogen-bond acceptors (Lipinski definition) is 5. The van der Waals surface area contributed by atoms with Crippen molar-refractivity contribution in [2.24, 2.45) is 0 Å². The maximum absolute atomic E-state index is 13.5. The number of benzene rings is 2. The lowest BCUT2D eigenvalue weighted by Crippen LogP contribution is -2.34. The van der Waals surface area contributed by atoms with Crippen LogP contribution < -0.4 is 5.56 Å². The van der Waals surface area contributed by atoms with Gasteiger partial charge in [-0.25, -0.2) is 4.57 Å². The van der Waals surface area contributed by atoms with Crippen LogP contribution in [0.15, 0.2) is 52.4 Å². The molecule has 0 N–H and O–H groups in total. The Labute approximate surface area is 190 Å². The van der Waals surface area contributed by atoms with Crippen LogP contribution in [0.5, 0.6) is 0 Å². The molecule has 1 atom stereocenters. The Morgan fingerprint density at radius 2 is 1.81 bits per heavy atom. The van der Waals surface area contributed by atoms with Gasteiger partial charge in [0.05, 0.1) is 21.8 Å². The molecule has 0 bridgehead atoms. The molecule has 8 heteroatoms. The zero-order chi connectivity index (χ0) is 22.4. The summed E-state index contributed by atoms with van der Waals surface area (Å²) in [6, 6.07) is 13.5. The minimum absolute atomic E-state index is 0.122. The monoisotopic (exact) mass is 447 g/mol. The second-order valence-corrected chi connectivity index (χ2v) is 9.67. The molecule has 2 aromatic heterocycles. The van der Waals surface area contributed by atoms with Crippen molar-refractivity contribution in [3.63, 3.8) is 0 Å². The lowest BCUT2D eigenvalue weighted by molar-refractivity contribution is -0.129. The Morgan fingerprint density at radius 3 is 2.59 bits per heavy atom. The number of aryl methyl sites for hydroxylation is 2. The smallest absolute Gasteiger partial charge is 0.267 e. The van der Waals surface area contributed by atoms with E-state index in [1.54, 1.807) is 4.57 Å². The van der Waals surface area contributed by atoms with E-state index in [9.17, 15) is 9.59 Å². The third-order valence-corrected chi connectivity index (χ3v) is 7.08. The van der Waals surface area contributed by atoms with Crippen LogP contribution in [0.1, 0.15) is 30.9 Å². The lowest BCUT2D eigenvalue weighted by atomic mass is 10.1. The second-order valence-electron chi connectivity index (χ2n) is 8.36. The van der Waals surface area contributed by atoms with E-state index in [4.69, 9.17) is 0 Å². The van der Waals surface area contributed by atoms with Gasteiger partial charge in [0, 0.05) is 13.1 Å². The average Bonchev–Trinajstić information content (AvgIpc) is 3.46. The fraction of sp³-hybridized carbons (Fsp3) is 0.333. The molecule has 0 saturated carbocycles. The highest BCUT2D eigenvalue weighted by Gasteiger charge is 2.27. The maximum Gasteiger partial charge on any atom is 0.267 e. The lowest BCUT2D eigenvalue weighted by Gasteiger charge is -2.19. The van der Waals surface area contributed by atoms with E-state index < -0.39 is 0 Å². The predicted octanol–water partition coefficient (Wildman–Crippen LogP) is 3.75. The first-order chi connectivity index (χ1) is 15.5. The Morgan fingerprint density at radius 1 is 1.06 bits per heavy atom. The van der Waals surface area contributed by atoms with E-state index in [2.05, 4.69) is 10.2 Å². The molecular weight excluding hydrogens is 422 g/mol. The zero-order valence-corrected chi connectivity index (χ0v) is 19.2. The summed E-state index contributed by atoms with van der Waals surface area (Å²) in [5.41, 5.74) is 3.43. The summed E-state index contributed by atoms with van der Waals surface area (Å²) in [7, 11) is 0. The Balaban J connectivity index is 1.70. The van der Waals surface area contributed by atoms with Crippen molar-refractivity contribution in [2.45, 2.75) is 44.0 Å². The Bertz CT molecular complexity index is 1400. The molecule has 1 aliphatic rings. The van der Waals surface area contributed by atoms with Crippen molar-refractivity contribution in [3.05, 3.63) is 63.9 Å². The highest BCUT2D eigenvalue weighted by molar-refractivity contribution is 8.00. The van der Waals surface area contributed by atoms with Crippen LogP contribution in [0.2, 0.25) is 0 Å². The molecule has 32 heavy (non-hydrogen) atoms. The quantitative estimate of drug-likeness (QED) is 0.446. The number of amides is 1. The first-order valence-electron chi connectivity index (χ1n) is 10.9. The Kier molecular flexibility index (Phi) is 5.25. The van der Waals surface area contributed by atoms with E-state index in [1.807, 2.05) is 72.5 Å². The van der Waals surface area contributed by atoms with Crippen LogP contribution in [0.4, 0.5) is 0 Å². The Hall–Kier alpha value is -3.13. The highest BCUT2D eigenvalue weighted by atomic mass is 32.2. The molecule has 0 radical (unpaired) electrons. The molecule has 1 unspecified atom stereocenters. The van der Waals surface area contributed by atoms with Crippen LogP contribution in [-0.4, -0.2) is 48.3 Å². The third-order valence-electron chi connectivity index (χ3n) is 6.05. The van der Waals surface area contributed by atoms with Gasteiger partial charge < -0.3 is 4.90 Å². The number of hydrogen-bond donors (Lipinski definition) is 0. The predicted molar refractivity (Wildman–Crippen MR) is 127 cm³/mol. The van der Waals surface area contributed by atoms with E-state index >= 15 is 0 Å². The van der Waals surface area contributed by atoms with Crippen LogP contribution >= 0.6 is 11.8 Å². The minimum atomic E-state index is -0.291. The summed E-state index contributed by atoms with van der Waals surface area (Å²) in [4.78, 5) is 28.3. The van der Waals surface area contributed by atoms with Crippen molar-refractivity contribution < 1.29 is 4.79 Å². The molecule has 1 aliphatic heterocycles. The molecule has 1 amide bonds. The number of fused-ring (bicyclic) bond motifs is 3. The summed E-state index contributed by atoms with van der Waals surface area (Å²) in [6.45, 7) is 7.53. The highest BCUT2D eigenvalue weighted by Crippen LogP contribution is 2.28. The van der Waals surface area contributed by atoms with Crippen molar-refractivity contribution in [1.29, 1.82) is 0 Å². The maximum atomic E-state index is 13.5. The van der Waals surface area contributed by atoms with Gasteiger partial charge in [0.25, 0.3) is 5.56 Å². The topological polar surface area (TPSA) is 72.5 Å². The van der Waals surface area contributed by atoms with Crippen molar-refractivity contribution >= 4 is 34.3 Å². The summed E-state index contributed by atoms with van der Waals surface area (Å²) >= 11 is 1.39. The number of carbonyl (C=O) groups is 1. The normalized spacial score (nSPS) is 15.0. The molecule has 1 saturated heterocycles. The van der Waals surface area contributed by atoms with Crippen molar-refractivity contribution in [3.8, 4) is 5.69 Å². The number of carbonyl (C=O) groups excluding carboxylic acids is 1. The standard InChI is InChI=1S/C24H25N5O2S/c1-15-10-11-16(2)20(14-15)28-22(31)18-8-4-5-9-19(18)29-23(28)25-26-24(29)32-17(3)21(30)27-12-6-7-13-27/h4-5,8-11,14,17H,6-7,12-13H2,1-3H3. The van der Waals surface area contributed by atoms with Gasteiger partial charge in [0.15, 0.2) is 5.16 Å². The summed E-state index contributed by atoms with van der Waals surface area (Å²) < 4.78 is 3.53. The fourth-order valence-corrected chi connectivity index (χ4v) is 5.28. The summed E-state index contributed by atoms with van der Waals surface area (Å²) in [5, 5.41) is 9.74. The van der Waals surface area contributed by atoms with Gasteiger partial charge in [-0.2, -0.15) is 0 Å². The zero-order valence-electron chi connectivity index (χ0n) is 18.4. The van der Waals surface area contributed by atoms with Gasteiger partial charge in [-0.15, -0.1) is 10.2 Å².